The van der Waals surface area contributed by atoms with Crippen LogP contribution < -0.4 is 5.32 Å². The van der Waals surface area contributed by atoms with Crippen molar-refractivity contribution in [1.29, 1.82) is 0 Å². The second kappa shape index (κ2) is 4.81. The lowest BCUT2D eigenvalue weighted by Crippen LogP contribution is -2.15. The predicted molar refractivity (Wildman–Crippen MR) is 64.1 cm³/mol. The number of hydrogen-bond donors (Lipinski definition) is 2. The van der Waals surface area contributed by atoms with Gasteiger partial charge in [-0.05, 0) is 54.1 Å². The highest BCUT2D eigenvalue weighted by molar-refractivity contribution is 14.1. The molecule has 0 spiro atoms. The second-order valence-electron chi connectivity index (χ2n) is 3.14. The number of aliphatic hydroxyl groups is 1. The number of aliphatic hydroxyl groups excluding tert-OH is 1. The van der Waals surface area contributed by atoms with Crippen LogP contribution in [0.5, 0.6) is 0 Å². The predicted octanol–water partition coefficient (Wildman–Crippen LogP) is 2.39. The molecule has 0 fully saturated rings. The first-order valence-corrected chi connectivity index (χ1v) is 5.36. The standard InChI is InChI=1S/C10H14INO/c1-7(13)6-12-10-5-3-4-9(11)8(10)2/h3-5,7,12-13H,6H2,1-2H3. The molecule has 1 rings (SSSR count). The van der Waals surface area contributed by atoms with Crippen LogP contribution in [-0.2, 0) is 0 Å². The molecule has 0 aromatic heterocycles. The average Bonchev–Trinajstić information content (AvgIpc) is 2.07. The highest BCUT2D eigenvalue weighted by Gasteiger charge is 2.01. The third-order valence-electron chi connectivity index (χ3n) is 1.86. The maximum absolute atomic E-state index is 9.11. The van der Waals surface area contributed by atoms with Gasteiger partial charge in [0.05, 0.1) is 6.10 Å². The van der Waals surface area contributed by atoms with Gasteiger partial charge in [-0.15, -0.1) is 0 Å². The van der Waals surface area contributed by atoms with E-state index in [0.717, 1.165) is 5.69 Å². The zero-order valence-corrected chi connectivity index (χ0v) is 10.00. The van der Waals surface area contributed by atoms with Gasteiger partial charge < -0.3 is 10.4 Å². The van der Waals surface area contributed by atoms with E-state index in [1.54, 1.807) is 6.92 Å². The van der Waals surface area contributed by atoms with Gasteiger partial charge in [0.25, 0.3) is 0 Å². The van der Waals surface area contributed by atoms with E-state index < -0.39 is 0 Å². The number of rotatable bonds is 3. The Morgan fingerprint density at radius 1 is 1.54 bits per heavy atom. The molecule has 0 saturated heterocycles. The molecule has 2 nitrogen and oxygen atoms in total. The van der Waals surface area contributed by atoms with E-state index in [4.69, 9.17) is 5.11 Å². The van der Waals surface area contributed by atoms with Crippen molar-refractivity contribution in [3.63, 3.8) is 0 Å². The summed E-state index contributed by atoms with van der Waals surface area (Å²) in [6.45, 7) is 4.45. The Morgan fingerprint density at radius 2 is 2.23 bits per heavy atom. The second-order valence-corrected chi connectivity index (χ2v) is 4.30. The van der Waals surface area contributed by atoms with Crippen molar-refractivity contribution in [2.24, 2.45) is 0 Å². The molecular weight excluding hydrogens is 277 g/mol. The fourth-order valence-electron chi connectivity index (χ4n) is 1.06. The van der Waals surface area contributed by atoms with Gasteiger partial charge in [0.1, 0.15) is 0 Å². The van der Waals surface area contributed by atoms with Crippen LogP contribution in [0.1, 0.15) is 12.5 Å². The van der Waals surface area contributed by atoms with Crippen LogP contribution in [0.2, 0.25) is 0 Å². The lowest BCUT2D eigenvalue weighted by Gasteiger charge is -2.11. The van der Waals surface area contributed by atoms with Gasteiger partial charge in [-0.25, -0.2) is 0 Å². The van der Waals surface area contributed by atoms with E-state index in [1.165, 1.54) is 9.13 Å². The van der Waals surface area contributed by atoms with E-state index in [0.29, 0.717) is 6.54 Å². The SMILES string of the molecule is Cc1c(I)cccc1NCC(C)O. The van der Waals surface area contributed by atoms with Crippen molar-refractivity contribution in [1.82, 2.24) is 0 Å². The summed E-state index contributed by atoms with van der Waals surface area (Å²) in [4.78, 5) is 0. The zero-order valence-electron chi connectivity index (χ0n) is 7.84. The van der Waals surface area contributed by atoms with Crippen molar-refractivity contribution in [2.45, 2.75) is 20.0 Å². The molecule has 0 aliphatic heterocycles. The molecule has 0 radical (unpaired) electrons. The number of nitrogens with one attached hydrogen (secondary N) is 1. The van der Waals surface area contributed by atoms with E-state index in [-0.39, 0.29) is 6.10 Å². The third kappa shape index (κ3) is 3.15. The lowest BCUT2D eigenvalue weighted by atomic mass is 10.2. The van der Waals surface area contributed by atoms with E-state index in [1.807, 2.05) is 12.1 Å². The molecule has 1 unspecified atom stereocenters. The summed E-state index contributed by atoms with van der Waals surface area (Å²) in [5, 5.41) is 12.3. The summed E-state index contributed by atoms with van der Waals surface area (Å²) in [5.74, 6) is 0. The molecule has 0 amide bonds. The first kappa shape index (κ1) is 10.8. The van der Waals surface area contributed by atoms with Gasteiger partial charge >= 0.3 is 0 Å². The Morgan fingerprint density at radius 3 is 2.85 bits per heavy atom. The number of anilines is 1. The summed E-state index contributed by atoms with van der Waals surface area (Å²) in [6.07, 6.45) is -0.308. The average molecular weight is 291 g/mol. The van der Waals surface area contributed by atoms with Crippen molar-refractivity contribution in [2.75, 3.05) is 11.9 Å². The molecule has 0 bridgehead atoms. The summed E-state index contributed by atoms with van der Waals surface area (Å²) in [5.41, 5.74) is 2.34. The molecule has 1 aromatic rings. The minimum absolute atomic E-state index is 0.308. The van der Waals surface area contributed by atoms with Crippen LogP contribution in [0.4, 0.5) is 5.69 Å². The van der Waals surface area contributed by atoms with Crippen molar-refractivity contribution in [3.8, 4) is 0 Å². The minimum Gasteiger partial charge on any atom is -0.392 e. The Labute approximate surface area is 92.5 Å². The summed E-state index contributed by atoms with van der Waals surface area (Å²) in [7, 11) is 0. The topological polar surface area (TPSA) is 32.3 Å². The molecule has 0 aliphatic rings. The van der Waals surface area contributed by atoms with Crippen LogP contribution in [0.15, 0.2) is 18.2 Å². The largest absolute Gasteiger partial charge is 0.392 e. The van der Waals surface area contributed by atoms with Crippen LogP contribution in [0.3, 0.4) is 0 Å². The molecular formula is C10H14INO. The number of benzene rings is 1. The van der Waals surface area contributed by atoms with Gasteiger partial charge in [-0.3, -0.25) is 0 Å². The highest BCUT2D eigenvalue weighted by atomic mass is 127. The highest BCUT2D eigenvalue weighted by Crippen LogP contribution is 2.19. The van der Waals surface area contributed by atoms with Crippen LogP contribution in [0, 0.1) is 10.5 Å². The fourth-order valence-corrected chi connectivity index (χ4v) is 1.55. The van der Waals surface area contributed by atoms with Gasteiger partial charge in [0, 0.05) is 15.8 Å². The van der Waals surface area contributed by atoms with E-state index in [2.05, 4.69) is 40.9 Å². The van der Waals surface area contributed by atoms with Crippen molar-refractivity contribution < 1.29 is 5.11 Å². The van der Waals surface area contributed by atoms with Gasteiger partial charge in [-0.1, -0.05) is 6.07 Å². The van der Waals surface area contributed by atoms with Crippen LogP contribution in [-0.4, -0.2) is 17.8 Å². The fraction of sp³-hybridized carbons (Fsp3) is 0.400. The molecule has 3 heteroatoms. The minimum atomic E-state index is -0.308. The van der Waals surface area contributed by atoms with Gasteiger partial charge in [0.2, 0.25) is 0 Å². The Kier molecular flexibility index (Phi) is 3.99. The zero-order chi connectivity index (χ0) is 9.84. The lowest BCUT2D eigenvalue weighted by molar-refractivity contribution is 0.208. The molecule has 0 heterocycles. The van der Waals surface area contributed by atoms with E-state index >= 15 is 0 Å². The Hall–Kier alpha value is -0.290. The number of halogens is 1. The molecule has 0 saturated carbocycles. The maximum Gasteiger partial charge on any atom is 0.0684 e. The molecule has 0 aliphatic carbocycles. The van der Waals surface area contributed by atoms with Crippen molar-refractivity contribution >= 4 is 28.3 Å². The van der Waals surface area contributed by atoms with Crippen LogP contribution >= 0.6 is 22.6 Å². The molecule has 13 heavy (non-hydrogen) atoms. The molecule has 72 valence electrons. The molecule has 2 N–H and O–H groups in total. The van der Waals surface area contributed by atoms with Crippen LogP contribution in [0.25, 0.3) is 0 Å². The molecule has 1 aromatic carbocycles. The molecule has 1 atom stereocenters. The van der Waals surface area contributed by atoms with Gasteiger partial charge in [-0.2, -0.15) is 0 Å². The number of hydrogen-bond acceptors (Lipinski definition) is 2. The first-order valence-electron chi connectivity index (χ1n) is 4.28. The monoisotopic (exact) mass is 291 g/mol. The van der Waals surface area contributed by atoms with E-state index in [9.17, 15) is 0 Å². The summed E-state index contributed by atoms with van der Waals surface area (Å²) >= 11 is 2.30. The summed E-state index contributed by atoms with van der Waals surface area (Å²) in [6, 6.07) is 6.11. The smallest absolute Gasteiger partial charge is 0.0684 e. The maximum atomic E-state index is 9.11. The summed E-state index contributed by atoms with van der Waals surface area (Å²) < 4.78 is 1.24. The first-order chi connectivity index (χ1) is 6.11. The quantitative estimate of drug-likeness (QED) is 0.838. The third-order valence-corrected chi connectivity index (χ3v) is 3.02. The normalized spacial score (nSPS) is 12.6. The van der Waals surface area contributed by atoms with Gasteiger partial charge in [0.15, 0.2) is 0 Å². The van der Waals surface area contributed by atoms with Crippen molar-refractivity contribution in [3.05, 3.63) is 27.3 Å². The Bertz CT molecular complexity index is 286. The Balaban J connectivity index is 2.71.